The lowest BCUT2D eigenvalue weighted by Gasteiger charge is -2.27. The Morgan fingerprint density at radius 1 is 1.15 bits per heavy atom. The zero-order valence-corrected chi connectivity index (χ0v) is 20.3. The van der Waals surface area contributed by atoms with Crippen molar-refractivity contribution >= 4 is 28.5 Å². The third kappa shape index (κ3) is 5.43. The first-order valence-corrected chi connectivity index (χ1v) is 11.8. The van der Waals surface area contributed by atoms with Gasteiger partial charge in [0.15, 0.2) is 0 Å². The summed E-state index contributed by atoms with van der Waals surface area (Å²) in [7, 11) is 0. The molecule has 0 saturated carbocycles. The highest BCUT2D eigenvalue weighted by atomic mass is 35.5. The van der Waals surface area contributed by atoms with Crippen LogP contribution in [0.3, 0.4) is 0 Å². The molecular formula is C24H17ClF5N5O4. The molecule has 4 aromatic rings. The summed E-state index contributed by atoms with van der Waals surface area (Å²) >= 11 is 5.84. The van der Waals surface area contributed by atoms with Crippen LogP contribution in [0.25, 0.3) is 33.4 Å². The van der Waals surface area contributed by atoms with Gasteiger partial charge in [0.25, 0.3) is 5.56 Å². The average molecular weight is 570 g/mol. The number of rotatable bonds is 5. The number of carbonyl (C=O) groups excluding carboxylic acids is 1. The summed E-state index contributed by atoms with van der Waals surface area (Å²) in [5.41, 5.74) is -0.289. The lowest BCUT2D eigenvalue weighted by molar-refractivity contribution is -0.201. The molecule has 0 bridgehead atoms. The largest absolute Gasteiger partial charge is 0.493 e. The summed E-state index contributed by atoms with van der Waals surface area (Å²) in [6.07, 6.45) is -8.19. The number of hydrogen-bond donors (Lipinski definition) is 2. The smallest absolute Gasteiger partial charge is 0.455 e. The second-order valence-corrected chi connectivity index (χ2v) is 8.99. The number of H-pyrrole nitrogens is 1. The standard InChI is InChI=1S/C24H17ClF5N5O4/c25-12-2-3-13(16(27)8-12)11-1-4-17-14(7-11)21(34-33-17)18-9-20(36)35(39-22(37)24(28,29)30)23(32-18)38-19-10-31-6-5-15(19)26/h1-4,7-9,15,19,31H,5-6,10H2,(H,33,34). The molecule has 5 rings (SSSR count). The number of aromatic nitrogens is 4. The van der Waals surface area contributed by atoms with Gasteiger partial charge in [-0.3, -0.25) is 9.89 Å². The zero-order valence-electron chi connectivity index (χ0n) is 19.6. The number of ether oxygens (including phenoxy) is 1. The van der Waals surface area contributed by atoms with E-state index in [-0.39, 0.29) is 39.7 Å². The SMILES string of the molecule is O=C(On1c(OC2CNCCC2F)nc(-c2n[nH]c3ccc(-c4ccc(Cl)cc4F)cc23)cc1=O)C(F)(F)F. The highest BCUT2D eigenvalue weighted by Crippen LogP contribution is 2.32. The highest BCUT2D eigenvalue weighted by molar-refractivity contribution is 6.30. The Bertz CT molecular complexity index is 1620. The van der Waals surface area contributed by atoms with Crippen molar-refractivity contribution in [3.8, 4) is 28.5 Å². The van der Waals surface area contributed by atoms with Crippen LogP contribution in [-0.2, 0) is 4.79 Å². The minimum atomic E-state index is -5.43. The monoisotopic (exact) mass is 569 g/mol. The fraction of sp³-hybridized carbons (Fsp3) is 0.250. The van der Waals surface area contributed by atoms with Crippen LogP contribution >= 0.6 is 11.6 Å². The first-order chi connectivity index (χ1) is 18.5. The quantitative estimate of drug-likeness (QED) is 0.351. The topological polar surface area (TPSA) is 111 Å². The maximum atomic E-state index is 14.5. The van der Waals surface area contributed by atoms with E-state index in [2.05, 4.69) is 25.3 Å². The van der Waals surface area contributed by atoms with Gasteiger partial charge in [0, 0.05) is 28.6 Å². The number of fused-ring (bicyclic) bond motifs is 1. The molecule has 3 heterocycles. The molecule has 1 saturated heterocycles. The van der Waals surface area contributed by atoms with Crippen LogP contribution in [0.2, 0.25) is 5.02 Å². The number of piperidine rings is 1. The van der Waals surface area contributed by atoms with Gasteiger partial charge < -0.3 is 14.9 Å². The maximum Gasteiger partial charge on any atom is 0.493 e. The third-order valence-corrected chi connectivity index (χ3v) is 6.14. The molecule has 2 aromatic heterocycles. The fourth-order valence-corrected chi connectivity index (χ4v) is 4.17. The van der Waals surface area contributed by atoms with Crippen LogP contribution in [0.4, 0.5) is 22.0 Å². The van der Waals surface area contributed by atoms with Crippen molar-refractivity contribution in [2.24, 2.45) is 0 Å². The number of nitrogens with one attached hydrogen (secondary N) is 2. The van der Waals surface area contributed by atoms with Crippen molar-refractivity contribution < 1.29 is 36.3 Å². The van der Waals surface area contributed by atoms with E-state index >= 15 is 0 Å². The summed E-state index contributed by atoms with van der Waals surface area (Å²) in [4.78, 5) is 32.6. The van der Waals surface area contributed by atoms with E-state index in [0.29, 0.717) is 23.0 Å². The van der Waals surface area contributed by atoms with Gasteiger partial charge in [0.05, 0.1) is 5.52 Å². The van der Waals surface area contributed by atoms with E-state index in [9.17, 15) is 31.5 Å². The third-order valence-electron chi connectivity index (χ3n) is 5.91. The molecule has 15 heteroatoms. The van der Waals surface area contributed by atoms with Gasteiger partial charge >= 0.3 is 18.2 Å². The number of alkyl halides is 4. The molecule has 2 aromatic carbocycles. The second-order valence-electron chi connectivity index (χ2n) is 8.55. The normalized spacial score (nSPS) is 17.8. The van der Waals surface area contributed by atoms with Crippen LogP contribution in [0, 0.1) is 5.82 Å². The molecule has 9 nitrogen and oxygen atoms in total. The Morgan fingerprint density at radius 3 is 2.67 bits per heavy atom. The van der Waals surface area contributed by atoms with E-state index in [1.807, 2.05) is 0 Å². The molecule has 2 unspecified atom stereocenters. The van der Waals surface area contributed by atoms with Crippen LogP contribution < -0.4 is 20.5 Å². The Balaban J connectivity index is 1.61. The van der Waals surface area contributed by atoms with E-state index in [1.54, 1.807) is 18.2 Å². The van der Waals surface area contributed by atoms with Gasteiger partial charge in [-0.05, 0) is 48.9 Å². The van der Waals surface area contributed by atoms with Crippen molar-refractivity contribution in [2.75, 3.05) is 13.1 Å². The molecule has 1 fully saturated rings. The molecule has 0 aliphatic carbocycles. The zero-order chi connectivity index (χ0) is 27.9. The van der Waals surface area contributed by atoms with Gasteiger partial charge in [-0.1, -0.05) is 22.4 Å². The number of carbonyl (C=O) groups is 1. The molecule has 2 N–H and O–H groups in total. The molecule has 0 radical (unpaired) electrons. The Morgan fingerprint density at radius 2 is 1.95 bits per heavy atom. The van der Waals surface area contributed by atoms with Gasteiger partial charge in [-0.2, -0.15) is 23.3 Å². The minimum absolute atomic E-state index is 0.0327. The minimum Gasteiger partial charge on any atom is -0.455 e. The van der Waals surface area contributed by atoms with Crippen molar-refractivity contribution in [1.29, 1.82) is 0 Å². The first kappa shape index (κ1) is 26.6. The molecule has 2 atom stereocenters. The molecule has 204 valence electrons. The summed E-state index contributed by atoms with van der Waals surface area (Å²) in [6, 6.07) is 8.78. The van der Waals surface area contributed by atoms with Crippen molar-refractivity contribution in [2.45, 2.75) is 24.9 Å². The number of halogens is 6. The summed E-state index contributed by atoms with van der Waals surface area (Å²) in [6.45, 7) is 0.288. The Hall–Kier alpha value is -4.04. The predicted octanol–water partition coefficient (Wildman–Crippen LogP) is 3.84. The predicted molar refractivity (Wildman–Crippen MR) is 128 cm³/mol. The molecular weight excluding hydrogens is 553 g/mol. The molecule has 39 heavy (non-hydrogen) atoms. The molecule has 1 aliphatic rings. The van der Waals surface area contributed by atoms with E-state index in [4.69, 9.17) is 16.3 Å². The van der Waals surface area contributed by atoms with E-state index < -0.39 is 41.8 Å². The summed E-state index contributed by atoms with van der Waals surface area (Å²) in [5, 5.41) is 10.3. The lowest BCUT2D eigenvalue weighted by Crippen LogP contribution is -2.47. The lowest BCUT2D eigenvalue weighted by atomic mass is 10.0. The van der Waals surface area contributed by atoms with E-state index in [1.165, 1.54) is 12.1 Å². The summed E-state index contributed by atoms with van der Waals surface area (Å²) < 4.78 is 72.9. The number of hydrogen-bond acceptors (Lipinski definition) is 7. The van der Waals surface area contributed by atoms with Gasteiger partial charge in [0.2, 0.25) is 0 Å². The Kier molecular flexibility index (Phi) is 6.99. The first-order valence-electron chi connectivity index (χ1n) is 11.4. The summed E-state index contributed by atoms with van der Waals surface area (Å²) in [5.74, 6) is -3.29. The van der Waals surface area contributed by atoms with Crippen LogP contribution in [0.5, 0.6) is 6.01 Å². The van der Waals surface area contributed by atoms with Gasteiger partial charge in [-0.15, -0.1) is 0 Å². The maximum absolute atomic E-state index is 14.5. The fourth-order valence-electron chi connectivity index (χ4n) is 4.01. The molecule has 0 spiro atoms. The number of aromatic amines is 1. The molecule has 1 aliphatic heterocycles. The van der Waals surface area contributed by atoms with Gasteiger partial charge in [-0.25, -0.2) is 13.6 Å². The van der Waals surface area contributed by atoms with Crippen molar-refractivity contribution in [1.82, 2.24) is 25.2 Å². The van der Waals surface area contributed by atoms with Crippen LogP contribution in [-0.4, -0.2) is 57.4 Å². The Labute approximate surface area is 220 Å². The van der Waals surface area contributed by atoms with E-state index in [0.717, 1.165) is 12.1 Å². The number of benzene rings is 2. The van der Waals surface area contributed by atoms with Crippen molar-refractivity contribution in [3.63, 3.8) is 0 Å². The van der Waals surface area contributed by atoms with Crippen molar-refractivity contribution in [3.05, 3.63) is 63.7 Å². The average Bonchev–Trinajstić information content (AvgIpc) is 3.30. The van der Waals surface area contributed by atoms with Crippen LogP contribution in [0.15, 0.2) is 47.3 Å². The van der Waals surface area contributed by atoms with Crippen LogP contribution in [0.1, 0.15) is 6.42 Å². The number of nitrogens with zero attached hydrogens (tertiary/aromatic N) is 3. The second kappa shape index (κ2) is 10.3. The highest BCUT2D eigenvalue weighted by Gasteiger charge is 2.43. The molecule has 0 amide bonds. The van der Waals surface area contributed by atoms with Gasteiger partial charge in [0.1, 0.15) is 29.5 Å².